The second-order valence-corrected chi connectivity index (χ2v) is 7.04. The number of anilines is 1. The number of rotatable bonds is 4. The van der Waals surface area contributed by atoms with Crippen molar-refractivity contribution in [3.8, 4) is 11.5 Å². The third kappa shape index (κ3) is 4.19. The van der Waals surface area contributed by atoms with Crippen molar-refractivity contribution in [2.75, 3.05) is 44.9 Å². The predicted molar refractivity (Wildman–Crippen MR) is 107 cm³/mol. The fraction of sp³-hybridized carbons (Fsp3) is 0.364. The first-order valence-electron chi connectivity index (χ1n) is 9.71. The number of morpholine rings is 1. The Hall–Kier alpha value is -3.06. The largest absolute Gasteiger partial charge is 0.497 e. The Labute approximate surface area is 169 Å². The molecule has 0 bridgehead atoms. The predicted octanol–water partition coefficient (Wildman–Crippen LogP) is 1.89. The summed E-state index contributed by atoms with van der Waals surface area (Å²) in [5.74, 6) is 1.05. The van der Waals surface area contributed by atoms with Crippen LogP contribution >= 0.6 is 0 Å². The lowest BCUT2D eigenvalue weighted by Crippen LogP contribution is -2.54. The van der Waals surface area contributed by atoms with Gasteiger partial charge < -0.3 is 24.0 Å². The van der Waals surface area contributed by atoms with Crippen LogP contribution in [0.15, 0.2) is 48.5 Å². The summed E-state index contributed by atoms with van der Waals surface area (Å²) < 4.78 is 16.5. The molecule has 4 rings (SSSR count). The van der Waals surface area contributed by atoms with Crippen molar-refractivity contribution >= 4 is 17.5 Å². The highest BCUT2D eigenvalue weighted by molar-refractivity contribution is 5.98. The Balaban J connectivity index is 1.55. The first-order valence-corrected chi connectivity index (χ1v) is 9.71. The Kier molecular flexibility index (Phi) is 5.67. The minimum Gasteiger partial charge on any atom is -0.497 e. The van der Waals surface area contributed by atoms with Crippen LogP contribution < -0.4 is 14.4 Å². The number of para-hydroxylation sites is 2. The molecule has 0 N–H and O–H groups in total. The fourth-order valence-electron chi connectivity index (χ4n) is 3.64. The molecule has 2 aliphatic rings. The van der Waals surface area contributed by atoms with E-state index in [9.17, 15) is 9.59 Å². The van der Waals surface area contributed by atoms with Gasteiger partial charge in [0.1, 0.15) is 11.5 Å². The molecule has 2 aromatic carbocycles. The number of amides is 2. The molecule has 0 saturated carbocycles. The average molecular weight is 396 g/mol. The molecule has 2 amide bonds. The number of hydrogen-bond donors (Lipinski definition) is 0. The molecule has 0 unspecified atom stereocenters. The van der Waals surface area contributed by atoms with E-state index in [1.807, 2.05) is 42.5 Å². The smallest absolute Gasteiger partial charge is 0.265 e. The van der Waals surface area contributed by atoms with Gasteiger partial charge in [-0.2, -0.15) is 0 Å². The Morgan fingerprint density at radius 1 is 1.10 bits per heavy atom. The number of carbonyl (C=O) groups is 2. The molecule has 2 heterocycles. The molecular weight excluding hydrogens is 372 g/mol. The first kappa shape index (κ1) is 19.3. The molecular formula is C22H24N2O5. The van der Waals surface area contributed by atoms with E-state index in [0.717, 1.165) is 5.56 Å². The van der Waals surface area contributed by atoms with Crippen LogP contribution in [-0.4, -0.2) is 62.8 Å². The van der Waals surface area contributed by atoms with Gasteiger partial charge in [-0.3, -0.25) is 9.59 Å². The van der Waals surface area contributed by atoms with Crippen LogP contribution in [0.1, 0.15) is 5.56 Å². The van der Waals surface area contributed by atoms with Crippen LogP contribution in [0.4, 0.5) is 5.69 Å². The van der Waals surface area contributed by atoms with Gasteiger partial charge in [0.05, 0.1) is 39.0 Å². The molecule has 1 saturated heterocycles. The molecule has 0 aliphatic carbocycles. The van der Waals surface area contributed by atoms with Crippen molar-refractivity contribution in [2.45, 2.75) is 12.5 Å². The van der Waals surface area contributed by atoms with E-state index in [1.165, 1.54) is 0 Å². The van der Waals surface area contributed by atoms with E-state index < -0.39 is 6.10 Å². The number of carbonyl (C=O) groups excluding carboxylic acids is 2. The Bertz CT molecular complexity index is 894. The van der Waals surface area contributed by atoms with Gasteiger partial charge in [0.2, 0.25) is 5.91 Å². The molecule has 0 spiro atoms. The van der Waals surface area contributed by atoms with Crippen LogP contribution in [0, 0.1) is 0 Å². The van der Waals surface area contributed by atoms with Crippen molar-refractivity contribution in [1.29, 1.82) is 0 Å². The molecule has 1 atom stereocenters. The monoisotopic (exact) mass is 396 g/mol. The van der Waals surface area contributed by atoms with Crippen LogP contribution in [0.25, 0.3) is 0 Å². The Morgan fingerprint density at radius 2 is 1.90 bits per heavy atom. The van der Waals surface area contributed by atoms with Crippen molar-refractivity contribution in [2.24, 2.45) is 0 Å². The summed E-state index contributed by atoms with van der Waals surface area (Å²) in [7, 11) is 1.60. The van der Waals surface area contributed by atoms with Crippen molar-refractivity contribution in [1.82, 2.24) is 4.90 Å². The molecule has 29 heavy (non-hydrogen) atoms. The summed E-state index contributed by atoms with van der Waals surface area (Å²) in [5, 5.41) is 0. The SMILES string of the molecule is COc1cccc(CC(=O)N2C[C@@H](C(=O)N3CCOCC3)Oc3ccccc32)c1. The van der Waals surface area contributed by atoms with Crippen molar-refractivity contribution < 1.29 is 23.8 Å². The number of nitrogens with zero attached hydrogens (tertiary/aromatic N) is 2. The standard InChI is InChI=1S/C22H24N2O5/c1-27-17-6-4-5-16(13-17)14-21(25)24-15-20(22(26)23-9-11-28-12-10-23)29-19-8-3-2-7-18(19)24/h2-8,13,20H,9-12,14-15H2,1H3/t20-/m0/s1. The summed E-state index contributed by atoms with van der Waals surface area (Å²) >= 11 is 0. The first-order chi connectivity index (χ1) is 14.2. The normalized spacial score (nSPS) is 18.6. The van der Waals surface area contributed by atoms with Crippen LogP contribution in [0.3, 0.4) is 0 Å². The summed E-state index contributed by atoms with van der Waals surface area (Å²) in [6, 6.07) is 14.8. The third-order valence-corrected chi connectivity index (χ3v) is 5.16. The molecule has 2 aliphatic heterocycles. The van der Waals surface area contributed by atoms with Gasteiger partial charge in [-0.1, -0.05) is 24.3 Å². The summed E-state index contributed by atoms with van der Waals surface area (Å²) in [4.78, 5) is 29.5. The lowest BCUT2D eigenvalue weighted by molar-refractivity contribution is -0.142. The maximum absolute atomic E-state index is 13.2. The van der Waals surface area contributed by atoms with E-state index in [1.54, 1.807) is 23.0 Å². The second kappa shape index (κ2) is 8.53. The van der Waals surface area contributed by atoms with E-state index in [-0.39, 0.29) is 24.8 Å². The number of ether oxygens (including phenoxy) is 3. The maximum atomic E-state index is 13.2. The summed E-state index contributed by atoms with van der Waals surface area (Å²) in [6.07, 6.45) is -0.512. The van der Waals surface area contributed by atoms with Gasteiger partial charge >= 0.3 is 0 Å². The van der Waals surface area contributed by atoms with Crippen LogP contribution in [0.5, 0.6) is 11.5 Å². The zero-order valence-corrected chi connectivity index (χ0v) is 16.4. The minimum absolute atomic E-state index is 0.0891. The molecule has 7 heteroatoms. The molecule has 152 valence electrons. The second-order valence-electron chi connectivity index (χ2n) is 7.04. The summed E-state index contributed by atoms with van der Waals surface area (Å²) in [6.45, 7) is 2.31. The van der Waals surface area contributed by atoms with E-state index >= 15 is 0 Å². The van der Waals surface area contributed by atoms with Crippen molar-refractivity contribution in [3.05, 3.63) is 54.1 Å². The van der Waals surface area contributed by atoms with Crippen molar-refractivity contribution in [3.63, 3.8) is 0 Å². The molecule has 7 nitrogen and oxygen atoms in total. The number of hydrogen-bond acceptors (Lipinski definition) is 5. The zero-order chi connectivity index (χ0) is 20.2. The average Bonchev–Trinajstić information content (AvgIpc) is 2.78. The number of methoxy groups -OCH3 is 1. The maximum Gasteiger partial charge on any atom is 0.265 e. The summed E-state index contributed by atoms with van der Waals surface area (Å²) in [5.41, 5.74) is 1.54. The quantitative estimate of drug-likeness (QED) is 0.790. The van der Waals surface area contributed by atoms with Gasteiger partial charge in [-0.05, 0) is 29.8 Å². The number of fused-ring (bicyclic) bond motifs is 1. The third-order valence-electron chi connectivity index (χ3n) is 5.16. The highest BCUT2D eigenvalue weighted by atomic mass is 16.5. The fourth-order valence-corrected chi connectivity index (χ4v) is 3.64. The Morgan fingerprint density at radius 3 is 2.69 bits per heavy atom. The molecule has 0 aromatic heterocycles. The van der Waals surface area contributed by atoms with Crippen LogP contribution in [-0.2, 0) is 20.7 Å². The van der Waals surface area contributed by atoms with E-state index in [2.05, 4.69) is 0 Å². The van der Waals surface area contributed by atoms with E-state index in [0.29, 0.717) is 43.5 Å². The van der Waals surface area contributed by atoms with Gasteiger partial charge in [0.25, 0.3) is 5.91 Å². The molecule has 0 radical (unpaired) electrons. The lowest BCUT2D eigenvalue weighted by Gasteiger charge is -2.37. The highest BCUT2D eigenvalue weighted by Crippen LogP contribution is 2.34. The highest BCUT2D eigenvalue weighted by Gasteiger charge is 2.36. The molecule has 1 fully saturated rings. The van der Waals surface area contributed by atoms with Crippen LogP contribution in [0.2, 0.25) is 0 Å². The number of benzene rings is 2. The van der Waals surface area contributed by atoms with Gasteiger partial charge in [-0.15, -0.1) is 0 Å². The lowest BCUT2D eigenvalue weighted by atomic mass is 10.1. The van der Waals surface area contributed by atoms with E-state index in [4.69, 9.17) is 14.2 Å². The topological polar surface area (TPSA) is 68.3 Å². The minimum atomic E-state index is -0.725. The van der Waals surface area contributed by atoms with Gasteiger partial charge in [0, 0.05) is 13.1 Å². The van der Waals surface area contributed by atoms with Gasteiger partial charge in [-0.25, -0.2) is 0 Å². The van der Waals surface area contributed by atoms with Gasteiger partial charge in [0.15, 0.2) is 6.10 Å². The zero-order valence-electron chi connectivity index (χ0n) is 16.4. The molecule has 2 aromatic rings.